The zero-order chi connectivity index (χ0) is 18.3. The van der Waals surface area contributed by atoms with Crippen LogP contribution in [0, 0.1) is 6.92 Å². The van der Waals surface area contributed by atoms with E-state index in [1.165, 1.54) is 11.3 Å². The maximum atomic E-state index is 12.9. The van der Waals surface area contributed by atoms with Crippen LogP contribution < -0.4 is 4.90 Å². The Hall–Kier alpha value is -1.50. The number of piperazine rings is 1. The fourth-order valence-corrected chi connectivity index (χ4v) is 6.24. The number of fused-ring (bicyclic) bond motifs is 1. The first-order chi connectivity index (χ1) is 12.5. The highest BCUT2D eigenvalue weighted by atomic mass is 35.5. The monoisotopic (exact) mass is 406 g/mol. The van der Waals surface area contributed by atoms with E-state index in [0.717, 1.165) is 44.9 Å². The third-order valence-corrected chi connectivity index (χ3v) is 7.56. The number of halogens is 1. The van der Waals surface area contributed by atoms with Gasteiger partial charge in [0.2, 0.25) is 0 Å². The predicted octanol–water partition coefficient (Wildman–Crippen LogP) is 4.35. The molecule has 1 fully saturated rings. The smallest absolute Gasteiger partial charge is 0.264 e. The van der Waals surface area contributed by atoms with Crippen LogP contribution in [0.1, 0.15) is 32.0 Å². The number of thiophene rings is 1. The summed E-state index contributed by atoms with van der Waals surface area (Å²) in [5, 5.41) is 0.756. The zero-order valence-corrected chi connectivity index (χ0v) is 16.8. The fourth-order valence-electron chi connectivity index (χ4n) is 3.46. The van der Waals surface area contributed by atoms with Gasteiger partial charge in [0.15, 0.2) is 5.78 Å². The van der Waals surface area contributed by atoms with Crippen LogP contribution in [0.2, 0.25) is 5.02 Å². The van der Waals surface area contributed by atoms with Crippen molar-refractivity contribution < 1.29 is 9.59 Å². The maximum Gasteiger partial charge on any atom is 0.264 e. The van der Waals surface area contributed by atoms with Crippen molar-refractivity contribution in [3.63, 3.8) is 0 Å². The topological polar surface area (TPSA) is 40.6 Å². The number of rotatable bonds is 2. The number of thioether (sulfide) groups is 1. The summed E-state index contributed by atoms with van der Waals surface area (Å²) in [6, 6.07) is 7.72. The number of carbonyl (C=O) groups is 2. The number of amides is 1. The Balaban J connectivity index is 1.47. The normalized spacial score (nSPS) is 17.4. The second-order valence-corrected chi connectivity index (χ2v) is 9.34. The van der Waals surface area contributed by atoms with Crippen LogP contribution in [-0.4, -0.2) is 48.5 Å². The molecule has 0 atom stereocenters. The molecule has 0 saturated carbocycles. The Morgan fingerprint density at radius 3 is 2.65 bits per heavy atom. The van der Waals surface area contributed by atoms with E-state index in [1.54, 1.807) is 17.8 Å². The first-order valence-corrected chi connectivity index (χ1v) is 10.8. The highest BCUT2D eigenvalue weighted by Crippen LogP contribution is 2.38. The number of anilines is 1. The molecular weight excluding hydrogens is 388 g/mol. The van der Waals surface area contributed by atoms with Gasteiger partial charge < -0.3 is 9.80 Å². The largest absolute Gasteiger partial charge is 0.367 e. The predicted molar refractivity (Wildman–Crippen MR) is 108 cm³/mol. The van der Waals surface area contributed by atoms with Gasteiger partial charge in [0.25, 0.3) is 5.91 Å². The molecule has 7 heteroatoms. The molecule has 2 aliphatic rings. The number of carbonyl (C=O) groups excluding carboxylic acids is 2. The van der Waals surface area contributed by atoms with Gasteiger partial charge >= 0.3 is 0 Å². The van der Waals surface area contributed by atoms with Crippen LogP contribution in [0.25, 0.3) is 0 Å². The van der Waals surface area contributed by atoms with Gasteiger partial charge in [0.05, 0.1) is 19.8 Å². The molecule has 0 bridgehead atoms. The maximum absolute atomic E-state index is 12.9. The van der Waals surface area contributed by atoms with Gasteiger partial charge in [-0.2, -0.15) is 0 Å². The highest BCUT2D eigenvalue weighted by molar-refractivity contribution is 8.01. The molecule has 4 nitrogen and oxygen atoms in total. The van der Waals surface area contributed by atoms with E-state index in [2.05, 4.69) is 17.9 Å². The lowest BCUT2D eigenvalue weighted by atomic mass is 10.1. The molecule has 0 aliphatic carbocycles. The lowest BCUT2D eigenvalue weighted by Crippen LogP contribution is -2.48. The molecule has 1 aromatic carbocycles. The van der Waals surface area contributed by atoms with Crippen molar-refractivity contribution >= 4 is 52.1 Å². The van der Waals surface area contributed by atoms with Gasteiger partial charge in [-0.05, 0) is 24.6 Å². The molecule has 136 valence electrons. The average Bonchev–Trinajstić information content (AvgIpc) is 3.07. The number of hydrogen-bond acceptors (Lipinski definition) is 5. The minimum absolute atomic E-state index is 0.0355. The Kier molecular flexibility index (Phi) is 4.99. The Bertz CT molecular complexity index is 852. The molecule has 0 unspecified atom stereocenters. The summed E-state index contributed by atoms with van der Waals surface area (Å²) in [5.41, 5.74) is 2.95. The summed E-state index contributed by atoms with van der Waals surface area (Å²) >= 11 is 9.52. The molecule has 1 saturated heterocycles. The van der Waals surface area contributed by atoms with E-state index < -0.39 is 0 Å². The Morgan fingerprint density at radius 2 is 1.96 bits per heavy atom. The lowest BCUT2D eigenvalue weighted by Gasteiger charge is -2.37. The van der Waals surface area contributed by atoms with Crippen molar-refractivity contribution in [3.05, 3.63) is 45.3 Å². The van der Waals surface area contributed by atoms with Gasteiger partial charge in [-0.3, -0.25) is 9.59 Å². The van der Waals surface area contributed by atoms with E-state index in [1.807, 2.05) is 17.0 Å². The third kappa shape index (κ3) is 3.26. The molecule has 0 radical (unpaired) electrons. The number of aryl methyl sites for hydroxylation is 1. The summed E-state index contributed by atoms with van der Waals surface area (Å²) in [6.07, 6.45) is 0.567. The van der Waals surface area contributed by atoms with Crippen molar-refractivity contribution in [2.24, 2.45) is 0 Å². The number of ketones is 1. The SMILES string of the molecule is Cc1cccc(Cl)c1N1CCN(C(=O)c2cc3c(s2)SCCC3=O)CC1. The molecule has 2 aromatic rings. The van der Waals surface area contributed by atoms with Crippen molar-refractivity contribution in [1.82, 2.24) is 4.90 Å². The average molecular weight is 407 g/mol. The van der Waals surface area contributed by atoms with E-state index in [-0.39, 0.29) is 11.7 Å². The van der Waals surface area contributed by atoms with E-state index in [4.69, 9.17) is 11.6 Å². The van der Waals surface area contributed by atoms with E-state index in [9.17, 15) is 9.59 Å². The van der Waals surface area contributed by atoms with Crippen LogP contribution in [-0.2, 0) is 0 Å². The van der Waals surface area contributed by atoms with E-state index >= 15 is 0 Å². The number of hydrogen-bond donors (Lipinski definition) is 0. The first kappa shape index (κ1) is 17.9. The highest BCUT2D eigenvalue weighted by Gasteiger charge is 2.28. The second kappa shape index (κ2) is 7.25. The summed E-state index contributed by atoms with van der Waals surface area (Å²) < 4.78 is 0.995. The standard InChI is InChI=1S/C19H19ClN2O2S2/c1-12-3-2-4-14(20)17(12)21-6-8-22(9-7-21)18(24)16-11-13-15(23)5-10-25-19(13)26-16/h2-4,11H,5-10H2,1H3. The van der Waals surface area contributed by atoms with Crippen molar-refractivity contribution in [1.29, 1.82) is 0 Å². The third-order valence-electron chi connectivity index (χ3n) is 4.84. The molecule has 2 aliphatic heterocycles. The minimum Gasteiger partial charge on any atom is -0.367 e. The van der Waals surface area contributed by atoms with Crippen LogP contribution in [0.15, 0.2) is 28.5 Å². The van der Waals surface area contributed by atoms with Crippen LogP contribution >= 0.6 is 34.7 Å². The molecule has 1 amide bonds. The Labute approximate surface area is 166 Å². The van der Waals surface area contributed by atoms with Gasteiger partial charge in [0.1, 0.15) is 0 Å². The number of Topliss-reactive ketones (excluding diaryl/α,β-unsaturated/α-hetero) is 1. The number of nitrogens with zero attached hydrogens (tertiary/aromatic N) is 2. The first-order valence-electron chi connectivity index (χ1n) is 8.64. The molecule has 1 aromatic heterocycles. The van der Waals surface area contributed by atoms with Crippen molar-refractivity contribution in [2.45, 2.75) is 17.6 Å². The quantitative estimate of drug-likeness (QED) is 0.743. The molecule has 3 heterocycles. The van der Waals surface area contributed by atoms with Crippen molar-refractivity contribution in [2.75, 3.05) is 36.8 Å². The molecular formula is C19H19ClN2O2S2. The van der Waals surface area contributed by atoms with Crippen LogP contribution in [0.3, 0.4) is 0 Å². The second-order valence-electron chi connectivity index (χ2n) is 6.52. The molecule has 4 rings (SSSR count). The summed E-state index contributed by atoms with van der Waals surface area (Å²) in [6.45, 7) is 4.90. The summed E-state index contributed by atoms with van der Waals surface area (Å²) in [4.78, 5) is 29.7. The van der Waals surface area contributed by atoms with Crippen LogP contribution in [0.4, 0.5) is 5.69 Å². The van der Waals surface area contributed by atoms with Gasteiger partial charge in [0, 0.05) is 43.9 Å². The number of benzene rings is 1. The summed E-state index contributed by atoms with van der Waals surface area (Å²) in [7, 11) is 0. The van der Waals surface area contributed by atoms with E-state index in [0.29, 0.717) is 24.4 Å². The van der Waals surface area contributed by atoms with Gasteiger partial charge in [-0.1, -0.05) is 23.7 Å². The summed E-state index contributed by atoms with van der Waals surface area (Å²) in [5.74, 6) is 1.01. The minimum atomic E-state index is 0.0355. The Morgan fingerprint density at radius 1 is 1.19 bits per heavy atom. The molecule has 0 spiro atoms. The number of para-hydroxylation sites is 1. The fraction of sp³-hybridized carbons (Fsp3) is 0.368. The molecule has 26 heavy (non-hydrogen) atoms. The van der Waals surface area contributed by atoms with Gasteiger partial charge in [-0.25, -0.2) is 0 Å². The van der Waals surface area contributed by atoms with Gasteiger partial charge in [-0.15, -0.1) is 23.1 Å². The lowest BCUT2D eigenvalue weighted by molar-refractivity contribution is 0.0751. The molecule has 0 N–H and O–H groups in total. The van der Waals surface area contributed by atoms with Crippen molar-refractivity contribution in [3.8, 4) is 0 Å². The van der Waals surface area contributed by atoms with Crippen LogP contribution in [0.5, 0.6) is 0 Å². The zero-order valence-electron chi connectivity index (χ0n) is 14.5.